The van der Waals surface area contributed by atoms with Crippen molar-refractivity contribution in [2.45, 2.75) is 37.0 Å². The Morgan fingerprint density at radius 2 is 1.85 bits per heavy atom. The highest BCUT2D eigenvalue weighted by Gasteiger charge is 2.41. The number of amidine groups is 1. The van der Waals surface area contributed by atoms with Gasteiger partial charge in [-0.15, -0.1) is 0 Å². The first-order valence-corrected chi connectivity index (χ1v) is 15.2. The number of halogens is 1. The van der Waals surface area contributed by atoms with Gasteiger partial charge in [0.1, 0.15) is 17.9 Å². The Balaban J connectivity index is 1.14. The SMILES string of the molecule is O=C(Nc1ccc(C2SC(=Nc3cccnc3)N(Cc3cncc(F)n3)C2=O)cc1)[C@@H]1C[C@@H](O)CN1C(=O)OCc1ccccc1. The zero-order valence-corrected chi connectivity index (χ0v) is 25.1. The number of thioether (sulfide) groups is 1. The van der Waals surface area contributed by atoms with Crippen LogP contribution in [0.25, 0.3) is 0 Å². The first kappa shape index (κ1) is 30.8. The number of amides is 3. The number of ether oxygens (including phenoxy) is 1. The quantitative estimate of drug-likeness (QED) is 0.288. The van der Waals surface area contributed by atoms with Crippen LogP contribution in [-0.2, 0) is 27.5 Å². The molecule has 2 saturated heterocycles. The van der Waals surface area contributed by atoms with Gasteiger partial charge in [-0.1, -0.05) is 54.2 Å². The highest BCUT2D eigenvalue weighted by molar-refractivity contribution is 8.15. The summed E-state index contributed by atoms with van der Waals surface area (Å²) in [7, 11) is 0. The number of hydrogen-bond acceptors (Lipinski definition) is 10. The van der Waals surface area contributed by atoms with Crippen LogP contribution in [0.5, 0.6) is 0 Å². The van der Waals surface area contributed by atoms with Gasteiger partial charge in [0.15, 0.2) is 5.17 Å². The van der Waals surface area contributed by atoms with E-state index in [9.17, 15) is 23.9 Å². The molecular weight excluding hydrogens is 613 g/mol. The van der Waals surface area contributed by atoms with E-state index >= 15 is 0 Å². The molecule has 46 heavy (non-hydrogen) atoms. The van der Waals surface area contributed by atoms with Crippen molar-refractivity contribution in [1.29, 1.82) is 0 Å². The summed E-state index contributed by atoms with van der Waals surface area (Å²) in [5.41, 5.74) is 2.71. The number of aliphatic imine (C=N–C) groups is 1. The number of nitrogens with one attached hydrogen (secondary N) is 1. The molecule has 2 aliphatic rings. The molecule has 4 heterocycles. The molecule has 4 aromatic rings. The van der Waals surface area contributed by atoms with E-state index in [0.717, 1.165) is 11.8 Å². The van der Waals surface area contributed by atoms with Gasteiger partial charge in [-0.2, -0.15) is 4.39 Å². The van der Waals surface area contributed by atoms with E-state index in [4.69, 9.17) is 4.74 Å². The average molecular weight is 642 g/mol. The molecule has 2 aromatic carbocycles. The Labute approximate surface area is 267 Å². The van der Waals surface area contributed by atoms with Crippen LogP contribution < -0.4 is 5.32 Å². The Bertz CT molecular complexity index is 1750. The number of aliphatic hydroxyl groups is 1. The summed E-state index contributed by atoms with van der Waals surface area (Å²) in [6.07, 6.45) is 4.08. The summed E-state index contributed by atoms with van der Waals surface area (Å²) in [5, 5.41) is 12.8. The lowest BCUT2D eigenvalue weighted by Crippen LogP contribution is -2.43. The zero-order chi connectivity index (χ0) is 32.0. The van der Waals surface area contributed by atoms with E-state index in [1.807, 2.05) is 30.3 Å². The van der Waals surface area contributed by atoms with Crippen LogP contribution in [0.2, 0.25) is 0 Å². The number of rotatable bonds is 8. The fourth-order valence-electron chi connectivity index (χ4n) is 5.08. The summed E-state index contributed by atoms with van der Waals surface area (Å²) in [4.78, 5) is 58.6. The molecule has 2 fully saturated rings. The summed E-state index contributed by atoms with van der Waals surface area (Å²) < 4.78 is 19.1. The van der Waals surface area contributed by atoms with E-state index in [1.54, 1.807) is 48.8 Å². The second-order valence-electron chi connectivity index (χ2n) is 10.6. The topological polar surface area (TPSA) is 150 Å². The van der Waals surface area contributed by atoms with Crippen molar-refractivity contribution < 1.29 is 28.6 Å². The number of aliphatic hydroxyl groups excluding tert-OH is 1. The fraction of sp³-hybridized carbons (Fsp3) is 0.219. The molecule has 2 N–H and O–H groups in total. The third-order valence-corrected chi connectivity index (χ3v) is 8.52. The summed E-state index contributed by atoms with van der Waals surface area (Å²) in [6.45, 7) is -0.00809. The van der Waals surface area contributed by atoms with Crippen LogP contribution in [0, 0.1) is 5.95 Å². The number of hydrogen-bond donors (Lipinski definition) is 2. The van der Waals surface area contributed by atoms with Crippen LogP contribution in [0.15, 0.2) is 96.5 Å². The van der Waals surface area contributed by atoms with Crippen LogP contribution in [0.3, 0.4) is 0 Å². The van der Waals surface area contributed by atoms with Gasteiger partial charge >= 0.3 is 6.09 Å². The molecule has 6 rings (SSSR count). The van der Waals surface area contributed by atoms with Gasteiger partial charge in [-0.05, 0) is 35.4 Å². The molecular formula is C32H28FN7O5S. The largest absolute Gasteiger partial charge is 0.445 e. The lowest BCUT2D eigenvalue weighted by molar-refractivity contribution is -0.126. The third-order valence-electron chi connectivity index (χ3n) is 7.29. The van der Waals surface area contributed by atoms with Crippen LogP contribution in [-0.4, -0.2) is 71.6 Å². The molecule has 3 atom stereocenters. The molecule has 3 amide bonds. The van der Waals surface area contributed by atoms with Gasteiger partial charge in [0.25, 0.3) is 0 Å². The van der Waals surface area contributed by atoms with Gasteiger partial charge in [0, 0.05) is 18.3 Å². The molecule has 0 radical (unpaired) electrons. The fourth-order valence-corrected chi connectivity index (χ4v) is 6.25. The molecule has 12 nitrogen and oxygen atoms in total. The number of carbonyl (C=O) groups is 3. The lowest BCUT2D eigenvalue weighted by atomic mass is 10.1. The van der Waals surface area contributed by atoms with Crippen molar-refractivity contribution in [2.24, 2.45) is 4.99 Å². The number of anilines is 1. The lowest BCUT2D eigenvalue weighted by Gasteiger charge is -2.23. The zero-order valence-electron chi connectivity index (χ0n) is 24.3. The Morgan fingerprint density at radius 1 is 1.04 bits per heavy atom. The highest BCUT2D eigenvalue weighted by atomic mass is 32.2. The Hall–Kier alpha value is -5.21. The smallest absolute Gasteiger partial charge is 0.410 e. The van der Waals surface area contributed by atoms with Crippen LogP contribution in [0.4, 0.5) is 20.6 Å². The molecule has 0 aliphatic carbocycles. The number of benzene rings is 2. The van der Waals surface area contributed by atoms with Crippen molar-refractivity contribution >= 4 is 46.2 Å². The van der Waals surface area contributed by atoms with E-state index in [-0.39, 0.29) is 37.7 Å². The number of likely N-dealkylation sites (tertiary alicyclic amines) is 1. The second-order valence-corrected chi connectivity index (χ2v) is 11.6. The average Bonchev–Trinajstić information content (AvgIpc) is 3.61. The predicted octanol–water partition coefficient (Wildman–Crippen LogP) is 4.23. The van der Waals surface area contributed by atoms with Gasteiger partial charge in [0.05, 0.1) is 49.2 Å². The molecule has 2 aromatic heterocycles. The van der Waals surface area contributed by atoms with Crippen molar-refractivity contribution in [1.82, 2.24) is 24.8 Å². The third kappa shape index (κ3) is 7.19. The first-order chi connectivity index (χ1) is 22.3. The molecule has 0 spiro atoms. The number of β-amino-alcohol motifs (C(OH)–C–C–N with tert-alkyl or cyclic N) is 1. The first-order valence-electron chi connectivity index (χ1n) is 14.3. The molecule has 1 unspecified atom stereocenters. The number of pyridine rings is 1. The predicted molar refractivity (Wildman–Crippen MR) is 167 cm³/mol. The summed E-state index contributed by atoms with van der Waals surface area (Å²) in [5.74, 6) is -1.50. The van der Waals surface area contributed by atoms with Gasteiger partial charge < -0.3 is 15.2 Å². The second kappa shape index (κ2) is 13.8. The standard InChI is InChI=1S/C32H28FN7O5S/c33-27-16-35-15-24(36-27)17-40-30(43)28(46-31(40)38-23-7-4-12-34-14-23)21-8-10-22(11-9-21)37-29(42)26-13-25(41)18-39(26)32(44)45-19-20-5-2-1-3-6-20/h1-12,14-16,25-26,28,41H,13,17-19H2,(H,37,42)/t25-,26+,28?/m1/s1. The van der Waals surface area contributed by atoms with Crippen LogP contribution >= 0.6 is 11.8 Å². The van der Waals surface area contributed by atoms with Crippen molar-refractivity contribution in [3.05, 3.63) is 114 Å². The van der Waals surface area contributed by atoms with Crippen molar-refractivity contribution in [2.75, 3.05) is 11.9 Å². The van der Waals surface area contributed by atoms with E-state index < -0.39 is 35.3 Å². The normalized spacial score (nSPS) is 20.3. The van der Waals surface area contributed by atoms with E-state index in [2.05, 4.69) is 25.3 Å². The van der Waals surface area contributed by atoms with Crippen molar-refractivity contribution in [3.8, 4) is 0 Å². The highest BCUT2D eigenvalue weighted by Crippen LogP contribution is 2.41. The minimum absolute atomic E-state index is 0.0215. The minimum atomic E-state index is -0.921. The maximum absolute atomic E-state index is 13.7. The van der Waals surface area contributed by atoms with E-state index in [1.165, 1.54) is 27.8 Å². The van der Waals surface area contributed by atoms with Crippen molar-refractivity contribution in [3.63, 3.8) is 0 Å². The number of aromatic nitrogens is 3. The maximum Gasteiger partial charge on any atom is 0.410 e. The van der Waals surface area contributed by atoms with Gasteiger partial charge in [-0.25, -0.2) is 14.8 Å². The number of carbonyl (C=O) groups excluding carboxylic acids is 3. The Kier molecular flexibility index (Phi) is 9.26. The monoisotopic (exact) mass is 641 g/mol. The molecule has 2 aliphatic heterocycles. The van der Waals surface area contributed by atoms with E-state index in [0.29, 0.717) is 22.1 Å². The molecule has 0 saturated carbocycles. The maximum atomic E-state index is 13.7. The van der Waals surface area contributed by atoms with Gasteiger partial charge in [-0.3, -0.25) is 29.4 Å². The molecule has 234 valence electrons. The molecule has 14 heteroatoms. The minimum Gasteiger partial charge on any atom is -0.445 e. The number of nitrogens with zero attached hydrogens (tertiary/aromatic N) is 6. The summed E-state index contributed by atoms with van der Waals surface area (Å²) >= 11 is 1.23. The van der Waals surface area contributed by atoms with Gasteiger partial charge in [0.2, 0.25) is 17.8 Å². The van der Waals surface area contributed by atoms with Crippen LogP contribution in [0.1, 0.15) is 28.5 Å². The Morgan fingerprint density at radius 3 is 2.59 bits per heavy atom. The molecule has 0 bridgehead atoms. The summed E-state index contributed by atoms with van der Waals surface area (Å²) in [6, 6.07) is 18.5.